The van der Waals surface area contributed by atoms with Crippen molar-refractivity contribution >= 4 is 27.0 Å². The van der Waals surface area contributed by atoms with E-state index in [1.54, 1.807) is 0 Å². The van der Waals surface area contributed by atoms with Crippen molar-refractivity contribution in [3.05, 3.63) is 46.7 Å². The predicted molar refractivity (Wildman–Crippen MR) is 70.9 cm³/mol. The van der Waals surface area contributed by atoms with E-state index in [1.165, 1.54) is 18.2 Å². The fourth-order valence-electron chi connectivity index (χ4n) is 1.81. The zero-order valence-electron chi connectivity index (χ0n) is 9.11. The Morgan fingerprint density at radius 1 is 1.17 bits per heavy atom. The first-order valence-electron chi connectivity index (χ1n) is 5.27. The largest absolute Gasteiger partial charge is 0.507 e. The van der Waals surface area contributed by atoms with Crippen molar-refractivity contribution in [3.8, 4) is 17.1 Å². The molecule has 0 spiro atoms. The molecule has 1 aromatic heterocycles. The molecule has 2 N–H and O–H groups in total. The van der Waals surface area contributed by atoms with Crippen molar-refractivity contribution in [3.63, 3.8) is 0 Å². The number of aromatic nitrogens is 2. The molecule has 3 rings (SSSR count). The molecule has 0 aliphatic rings. The zero-order valence-corrected chi connectivity index (χ0v) is 10.7. The quantitative estimate of drug-likeness (QED) is 0.717. The van der Waals surface area contributed by atoms with Gasteiger partial charge in [-0.3, -0.25) is 0 Å². The number of benzene rings is 2. The maximum Gasteiger partial charge on any atom is 0.142 e. The van der Waals surface area contributed by atoms with Crippen LogP contribution in [0.5, 0.6) is 5.75 Å². The van der Waals surface area contributed by atoms with Crippen molar-refractivity contribution in [1.82, 2.24) is 9.97 Å². The lowest BCUT2D eigenvalue weighted by atomic mass is 10.2. The van der Waals surface area contributed by atoms with Crippen molar-refractivity contribution in [2.45, 2.75) is 0 Å². The van der Waals surface area contributed by atoms with Crippen LogP contribution in [0.3, 0.4) is 0 Å². The number of hydrogen-bond donors (Lipinski definition) is 2. The molecule has 0 saturated heterocycles. The lowest BCUT2D eigenvalue weighted by molar-refractivity contribution is 0.475. The molecule has 0 aliphatic heterocycles. The van der Waals surface area contributed by atoms with Crippen molar-refractivity contribution in [2.24, 2.45) is 0 Å². The highest BCUT2D eigenvalue weighted by molar-refractivity contribution is 9.10. The van der Waals surface area contributed by atoms with Crippen molar-refractivity contribution in [2.75, 3.05) is 0 Å². The summed E-state index contributed by atoms with van der Waals surface area (Å²) in [5, 5.41) is 9.73. The van der Waals surface area contributed by atoms with Crippen molar-refractivity contribution < 1.29 is 9.50 Å². The van der Waals surface area contributed by atoms with Gasteiger partial charge in [0.1, 0.15) is 17.4 Å². The molecule has 0 amide bonds. The maximum absolute atomic E-state index is 13.2. The molecule has 0 aliphatic carbocycles. The molecule has 0 saturated carbocycles. The molecular weight excluding hydrogens is 299 g/mol. The molecule has 0 unspecified atom stereocenters. The Hall–Kier alpha value is -1.88. The third-order valence-corrected chi connectivity index (χ3v) is 3.15. The van der Waals surface area contributed by atoms with E-state index in [0.717, 1.165) is 15.5 Å². The third kappa shape index (κ3) is 1.86. The second-order valence-corrected chi connectivity index (χ2v) is 4.82. The summed E-state index contributed by atoms with van der Waals surface area (Å²) in [5.41, 5.74) is 1.93. The molecule has 90 valence electrons. The normalized spacial score (nSPS) is 11.0. The van der Waals surface area contributed by atoms with Crippen LogP contribution in [0.4, 0.5) is 4.39 Å². The van der Waals surface area contributed by atoms with Crippen LogP contribution in [-0.4, -0.2) is 15.1 Å². The number of aromatic hydroxyl groups is 1. The smallest absolute Gasteiger partial charge is 0.142 e. The summed E-state index contributed by atoms with van der Waals surface area (Å²) in [4.78, 5) is 7.38. The van der Waals surface area contributed by atoms with Crippen molar-refractivity contribution in [1.29, 1.82) is 0 Å². The van der Waals surface area contributed by atoms with E-state index < -0.39 is 5.82 Å². The number of nitrogens with one attached hydrogen (secondary N) is 1. The Labute approximate surface area is 110 Å². The maximum atomic E-state index is 13.2. The molecule has 0 bridgehead atoms. The Kier molecular flexibility index (Phi) is 2.56. The van der Waals surface area contributed by atoms with E-state index in [1.807, 2.05) is 18.2 Å². The van der Waals surface area contributed by atoms with Gasteiger partial charge in [0.25, 0.3) is 0 Å². The van der Waals surface area contributed by atoms with Gasteiger partial charge in [-0.25, -0.2) is 9.37 Å². The van der Waals surface area contributed by atoms with Crippen LogP contribution in [0.1, 0.15) is 0 Å². The van der Waals surface area contributed by atoms with Gasteiger partial charge in [-0.05, 0) is 36.4 Å². The zero-order chi connectivity index (χ0) is 12.7. The summed E-state index contributed by atoms with van der Waals surface area (Å²) >= 11 is 3.37. The molecule has 18 heavy (non-hydrogen) atoms. The summed E-state index contributed by atoms with van der Waals surface area (Å²) in [5.74, 6) is 0.0269. The van der Waals surface area contributed by atoms with Crippen LogP contribution >= 0.6 is 15.9 Å². The van der Waals surface area contributed by atoms with E-state index in [0.29, 0.717) is 11.4 Å². The second kappa shape index (κ2) is 4.10. The van der Waals surface area contributed by atoms with E-state index in [9.17, 15) is 9.50 Å². The summed E-state index contributed by atoms with van der Waals surface area (Å²) in [7, 11) is 0. The molecule has 3 aromatic rings. The average molecular weight is 307 g/mol. The van der Waals surface area contributed by atoms with Gasteiger partial charge in [-0.1, -0.05) is 15.9 Å². The number of hydrogen-bond acceptors (Lipinski definition) is 2. The number of nitrogens with zero attached hydrogens (tertiary/aromatic N) is 1. The number of H-pyrrole nitrogens is 1. The first-order chi connectivity index (χ1) is 8.63. The predicted octanol–water partition coefficient (Wildman–Crippen LogP) is 3.84. The van der Waals surface area contributed by atoms with Crippen LogP contribution in [0.2, 0.25) is 0 Å². The third-order valence-electron chi connectivity index (χ3n) is 2.66. The molecule has 0 atom stereocenters. The van der Waals surface area contributed by atoms with Gasteiger partial charge in [-0.2, -0.15) is 0 Å². The summed E-state index contributed by atoms with van der Waals surface area (Å²) < 4.78 is 14.1. The number of halogens is 2. The van der Waals surface area contributed by atoms with Gasteiger partial charge >= 0.3 is 0 Å². The molecule has 3 nitrogen and oxygen atoms in total. The number of rotatable bonds is 1. The molecular formula is C13H8BrFN2O. The average Bonchev–Trinajstić information content (AvgIpc) is 2.74. The number of phenols is 1. The van der Waals surface area contributed by atoms with E-state index in [-0.39, 0.29) is 5.75 Å². The fraction of sp³-hybridized carbons (Fsp3) is 0. The van der Waals surface area contributed by atoms with Gasteiger partial charge in [0.05, 0.1) is 16.6 Å². The Morgan fingerprint density at radius 3 is 2.83 bits per heavy atom. The van der Waals surface area contributed by atoms with Gasteiger partial charge in [-0.15, -0.1) is 0 Å². The highest BCUT2D eigenvalue weighted by Crippen LogP contribution is 2.29. The Balaban J connectivity index is 2.22. The topological polar surface area (TPSA) is 48.9 Å². The van der Waals surface area contributed by atoms with Crippen LogP contribution in [0.25, 0.3) is 22.4 Å². The minimum atomic E-state index is -0.413. The summed E-state index contributed by atoms with van der Waals surface area (Å²) in [6.45, 7) is 0. The van der Waals surface area contributed by atoms with Gasteiger partial charge in [0, 0.05) is 4.47 Å². The number of fused-ring (bicyclic) bond motifs is 1. The molecule has 2 aromatic carbocycles. The molecule has 1 heterocycles. The summed E-state index contributed by atoms with van der Waals surface area (Å²) in [6.07, 6.45) is 0. The number of aromatic amines is 1. The Bertz CT molecular complexity index is 739. The minimum absolute atomic E-state index is 0.00507. The lowest BCUT2D eigenvalue weighted by Crippen LogP contribution is -1.83. The molecule has 5 heteroatoms. The van der Waals surface area contributed by atoms with Gasteiger partial charge in [0.2, 0.25) is 0 Å². The van der Waals surface area contributed by atoms with Crippen LogP contribution in [-0.2, 0) is 0 Å². The van der Waals surface area contributed by atoms with Gasteiger partial charge in [0.15, 0.2) is 0 Å². The summed E-state index contributed by atoms with van der Waals surface area (Å²) in [6, 6.07) is 9.37. The highest BCUT2D eigenvalue weighted by Gasteiger charge is 2.10. The van der Waals surface area contributed by atoms with E-state index in [4.69, 9.17) is 0 Å². The first kappa shape index (κ1) is 11.2. The second-order valence-electron chi connectivity index (χ2n) is 3.91. The Morgan fingerprint density at radius 2 is 2.00 bits per heavy atom. The van der Waals surface area contributed by atoms with Crippen LogP contribution < -0.4 is 0 Å². The van der Waals surface area contributed by atoms with E-state index in [2.05, 4.69) is 25.9 Å². The monoisotopic (exact) mass is 306 g/mol. The first-order valence-corrected chi connectivity index (χ1v) is 6.07. The van der Waals surface area contributed by atoms with Gasteiger partial charge < -0.3 is 10.1 Å². The SMILES string of the molecule is Oc1ccc(F)cc1-c1nc2ccc(Br)cc2[nH]1. The van der Waals surface area contributed by atoms with Crippen LogP contribution in [0, 0.1) is 5.82 Å². The molecule has 0 fully saturated rings. The molecule has 0 radical (unpaired) electrons. The standard InChI is InChI=1S/C13H8BrFN2O/c14-7-1-3-10-11(5-7)17-13(16-10)9-6-8(15)2-4-12(9)18/h1-6,18H,(H,16,17). The van der Waals surface area contributed by atoms with E-state index >= 15 is 0 Å². The minimum Gasteiger partial charge on any atom is -0.507 e. The number of phenolic OH excluding ortho intramolecular Hbond substituents is 1. The lowest BCUT2D eigenvalue weighted by Gasteiger charge is -2.00. The fourth-order valence-corrected chi connectivity index (χ4v) is 2.17. The van der Waals surface area contributed by atoms with Crippen LogP contribution in [0.15, 0.2) is 40.9 Å². The number of imidazole rings is 1. The highest BCUT2D eigenvalue weighted by atomic mass is 79.9.